The van der Waals surface area contributed by atoms with Crippen molar-refractivity contribution in [3.63, 3.8) is 0 Å². The average molecular weight is 430 g/mol. The van der Waals surface area contributed by atoms with E-state index < -0.39 is 6.10 Å². The first-order valence-corrected chi connectivity index (χ1v) is 10.3. The van der Waals surface area contributed by atoms with Gasteiger partial charge in [-0.25, -0.2) is 0 Å². The Hall–Kier alpha value is -4.07. The Labute approximate surface area is 184 Å². The Bertz CT molecular complexity index is 1320. The second kappa shape index (κ2) is 7.88. The molecule has 0 saturated carbocycles. The highest BCUT2D eigenvalue weighted by Gasteiger charge is 2.21. The first-order valence-electron chi connectivity index (χ1n) is 10.3. The third-order valence-corrected chi connectivity index (χ3v) is 5.34. The molecule has 5 rings (SSSR count). The summed E-state index contributed by atoms with van der Waals surface area (Å²) in [7, 11) is 1.84. The van der Waals surface area contributed by atoms with Gasteiger partial charge in [-0.2, -0.15) is 10.1 Å². The third kappa shape index (κ3) is 3.60. The Morgan fingerprint density at radius 1 is 1.12 bits per heavy atom. The zero-order valence-electron chi connectivity index (χ0n) is 18.0. The first-order chi connectivity index (χ1) is 15.5. The molecule has 0 bridgehead atoms. The van der Waals surface area contributed by atoms with Crippen molar-refractivity contribution < 1.29 is 19.0 Å². The summed E-state index contributed by atoms with van der Waals surface area (Å²) in [5.74, 6) is 1.31. The van der Waals surface area contributed by atoms with Crippen LogP contribution in [0.15, 0.2) is 54.6 Å². The number of ether oxygens (including phenoxy) is 3. The number of aryl methyl sites for hydroxylation is 2. The lowest BCUT2D eigenvalue weighted by Crippen LogP contribution is -2.30. The standard InChI is InChI=1S/C24H22N4O4/c1-14-22-18(16-7-5-4-6-8-16)12-21(26-23(22)28(3)27-14)32-15(2)24(29)25-17-9-10-19-20(11-17)31-13-30-19/h4-12,15H,13H2,1-3H3,(H,25,29)/t15-/m1/s1. The van der Waals surface area contributed by atoms with Gasteiger partial charge in [-0.05, 0) is 37.1 Å². The summed E-state index contributed by atoms with van der Waals surface area (Å²) in [6, 6.07) is 17.1. The van der Waals surface area contributed by atoms with Gasteiger partial charge in [0.25, 0.3) is 5.91 Å². The number of anilines is 1. The zero-order chi connectivity index (χ0) is 22.2. The fourth-order valence-electron chi connectivity index (χ4n) is 3.78. The van der Waals surface area contributed by atoms with Gasteiger partial charge in [0.05, 0.1) is 11.1 Å². The maximum absolute atomic E-state index is 12.8. The fourth-order valence-corrected chi connectivity index (χ4v) is 3.78. The second-order valence-corrected chi connectivity index (χ2v) is 7.60. The average Bonchev–Trinajstić information content (AvgIpc) is 3.37. The Morgan fingerprint density at radius 2 is 1.91 bits per heavy atom. The number of fused-ring (bicyclic) bond motifs is 2. The van der Waals surface area contributed by atoms with E-state index in [9.17, 15) is 4.79 Å². The molecule has 2 aromatic carbocycles. The molecule has 1 amide bonds. The highest BCUT2D eigenvalue weighted by Crippen LogP contribution is 2.35. The first kappa shape index (κ1) is 19.9. The molecule has 2 aromatic heterocycles. The molecule has 32 heavy (non-hydrogen) atoms. The predicted molar refractivity (Wildman–Crippen MR) is 120 cm³/mol. The van der Waals surface area contributed by atoms with Crippen LogP contribution in [0.5, 0.6) is 17.4 Å². The van der Waals surface area contributed by atoms with Crippen molar-refractivity contribution in [3.8, 4) is 28.5 Å². The number of nitrogens with one attached hydrogen (secondary N) is 1. The van der Waals surface area contributed by atoms with E-state index in [1.165, 1.54) is 0 Å². The number of pyridine rings is 1. The predicted octanol–water partition coefficient (Wildman–Crippen LogP) is 4.08. The number of aromatic nitrogens is 3. The van der Waals surface area contributed by atoms with Gasteiger partial charge in [-0.1, -0.05) is 30.3 Å². The van der Waals surface area contributed by atoms with Crippen LogP contribution in [-0.4, -0.2) is 33.6 Å². The van der Waals surface area contributed by atoms with E-state index in [1.807, 2.05) is 50.4 Å². The molecule has 8 nitrogen and oxygen atoms in total. The number of benzene rings is 2. The van der Waals surface area contributed by atoms with Crippen molar-refractivity contribution in [1.29, 1.82) is 0 Å². The van der Waals surface area contributed by atoms with Gasteiger partial charge >= 0.3 is 0 Å². The van der Waals surface area contributed by atoms with Gasteiger partial charge in [0.1, 0.15) is 0 Å². The van der Waals surface area contributed by atoms with Crippen molar-refractivity contribution >= 4 is 22.6 Å². The molecule has 0 radical (unpaired) electrons. The molecule has 3 heterocycles. The van der Waals surface area contributed by atoms with Crippen LogP contribution in [0.3, 0.4) is 0 Å². The number of hydrogen-bond acceptors (Lipinski definition) is 6. The number of hydrogen-bond donors (Lipinski definition) is 1. The third-order valence-electron chi connectivity index (χ3n) is 5.34. The summed E-state index contributed by atoms with van der Waals surface area (Å²) in [4.78, 5) is 17.4. The van der Waals surface area contributed by atoms with Crippen molar-refractivity contribution in [2.45, 2.75) is 20.0 Å². The Morgan fingerprint density at radius 3 is 2.72 bits per heavy atom. The summed E-state index contributed by atoms with van der Waals surface area (Å²) in [6.45, 7) is 3.82. The minimum Gasteiger partial charge on any atom is -0.464 e. The molecule has 0 saturated heterocycles. The number of amides is 1. The number of nitrogens with zero attached hydrogens (tertiary/aromatic N) is 3. The van der Waals surface area contributed by atoms with Gasteiger partial charge in [-0.15, -0.1) is 0 Å². The van der Waals surface area contributed by atoms with Gasteiger partial charge < -0.3 is 19.5 Å². The minimum absolute atomic E-state index is 0.178. The summed E-state index contributed by atoms with van der Waals surface area (Å²) in [5, 5.41) is 8.32. The molecular weight excluding hydrogens is 408 g/mol. The molecule has 0 spiro atoms. The number of rotatable bonds is 5. The molecule has 0 unspecified atom stereocenters. The van der Waals surface area contributed by atoms with Crippen LogP contribution in [0.25, 0.3) is 22.2 Å². The molecule has 4 aromatic rings. The molecule has 1 aliphatic heterocycles. The largest absolute Gasteiger partial charge is 0.464 e. The topological polar surface area (TPSA) is 87.5 Å². The van der Waals surface area contributed by atoms with Crippen molar-refractivity contribution in [2.24, 2.45) is 7.05 Å². The molecule has 1 aliphatic rings. The van der Waals surface area contributed by atoms with E-state index in [-0.39, 0.29) is 12.7 Å². The summed E-state index contributed by atoms with van der Waals surface area (Å²) in [5.41, 5.74) is 4.17. The van der Waals surface area contributed by atoms with E-state index in [2.05, 4.69) is 15.4 Å². The van der Waals surface area contributed by atoms with E-state index in [0.29, 0.717) is 28.7 Å². The highest BCUT2D eigenvalue weighted by molar-refractivity contribution is 5.96. The molecular formula is C24H22N4O4. The molecule has 1 N–H and O–H groups in total. The van der Waals surface area contributed by atoms with Crippen molar-refractivity contribution in [1.82, 2.24) is 14.8 Å². The molecule has 162 valence electrons. The SMILES string of the molecule is Cc1nn(C)c2nc(O[C@H](C)C(=O)Nc3ccc4c(c3)OCO4)cc(-c3ccccc3)c12. The van der Waals surface area contributed by atoms with Crippen molar-refractivity contribution in [3.05, 3.63) is 60.3 Å². The van der Waals surface area contributed by atoms with Crippen LogP contribution in [-0.2, 0) is 11.8 Å². The van der Waals surface area contributed by atoms with Gasteiger partial charge in [-0.3, -0.25) is 9.48 Å². The van der Waals surface area contributed by atoms with Crippen molar-refractivity contribution in [2.75, 3.05) is 12.1 Å². The maximum Gasteiger partial charge on any atom is 0.265 e. The van der Waals surface area contributed by atoms with Crippen LogP contribution in [0.2, 0.25) is 0 Å². The quantitative estimate of drug-likeness (QED) is 0.513. The van der Waals surface area contributed by atoms with Gasteiger partial charge in [0, 0.05) is 24.9 Å². The lowest BCUT2D eigenvalue weighted by Gasteiger charge is -2.15. The summed E-state index contributed by atoms with van der Waals surface area (Å²) < 4.78 is 18.3. The monoisotopic (exact) mass is 430 g/mol. The molecule has 0 fully saturated rings. The van der Waals surface area contributed by atoms with Gasteiger partial charge in [0.15, 0.2) is 23.3 Å². The highest BCUT2D eigenvalue weighted by atomic mass is 16.7. The lowest BCUT2D eigenvalue weighted by atomic mass is 10.0. The van der Waals surface area contributed by atoms with E-state index in [0.717, 1.165) is 22.2 Å². The fraction of sp³-hybridized carbons (Fsp3) is 0.208. The lowest BCUT2D eigenvalue weighted by molar-refractivity contribution is -0.122. The zero-order valence-corrected chi connectivity index (χ0v) is 18.0. The second-order valence-electron chi connectivity index (χ2n) is 7.60. The van der Waals surface area contributed by atoms with E-state index in [4.69, 9.17) is 14.2 Å². The molecule has 8 heteroatoms. The Kier molecular flexibility index (Phi) is 4.89. The number of carbonyl (C=O) groups excluding carboxylic acids is 1. The van der Waals surface area contributed by atoms with Crippen LogP contribution < -0.4 is 19.5 Å². The molecule has 0 aliphatic carbocycles. The van der Waals surface area contributed by atoms with Crippen LogP contribution in [0, 0.1) is 6.92 Å². The molecule has 1 atom stereocenters. The minimum atomic E-state index is -0.775. The van der Waals surface area contributed by atoms with Crippen LogP contribution in [0.1, 0.15) is 12.6 Å². The summed E-state index contributed by atoms with van der Waals surface area (Å²) >= 11 is 0. The smallest absolute Gasteiger partial charge is 0.265 e. The van der Waals surface area contributed by atoms with Gasteiger partial charge in [0.2, 0.25) is 12.7 Å². The normalized spacial score (nSPS) is 13.2. The van der Waals surface area contributed by atoms with Crippen LogP contribution in [0.4, 0.5) is 5.69 Å². The van der Waals surface area contributed by atoms with Crippen LogP contribution >= 0.6 is 0 Å². The van der Waals surface area contributed by atoms with E-state index >= 15 is 0 Å². The Balaban J connectivity index is 1.42. The number of carbonyl (C=O) groups is 1. The summed E-state index contributed by atoms with van der Waals surface area (Å²) in [6.07, 6.45) is -0.775. The maximum atomic E-state index is 12.8. The van der Waals surface area contributed by atoms with E-state index in [1.54, 1.807) is 29.8 Å².